The van der Waals surface area contributed by atoms with Crippen molar-refractivity contribution in [2.24, 2.45) is 0 Å². The SMILES string of the molecule is Cc1ccc(C(O)CNc2cc[nH]c(=O)c2-c2nc3c(C)cc(N4CC(C)OC(C)C4)cc3[nH]2)cc1Br. The standard InChI is InChI=1S/C28H32BrN5O3/c1-15-5-6-19(10-21(15)29)24(35)12-31-22-7-8-30-28(36)25(22)27-32-23-11-20(9-16(2)26(23)33-27)34-13-17(3)37-18(4)14-34/h5-11,17-18,24,35H,12-14H2,1-4H3,(H,32,33)(H2,30,31,36). The predicted molar refractivity (Wildman–Crippen MR) is 151 cm³/mol. The quantitative estimate of drug-likeness (QED) is 0.260. The highest BCUT2D eigenvalue weighted by Crippen LogP contribution is 2.31. The molecular formula is C28H32BrN5O3. The van der Waals surface area contributed by atoms with Gasteiger partial charge in [0.25, 0.3) is 5.56 Å². The van der Waals surface area contributed by atoms with Gasteiger partial charge in [-0.15, -0.1) is 0 Å². The molecular weight excluding hydrogens is 534 g/mol. The molecule has 9 heteroatoms. The Morgan fingerprint density at radius 2 is 1.92 bits per heavy atom. The fraction of sp³-hybridized carbons (Fsp3) is 0.357. The average Bonchev–Trinajstić information content (AvgIpc) is 3.28. The van der Waals surface area contributed by atoms with Gasteiger partial charge in [0, 0.05) is 36.0 Å². The number of ether oxygens (including phenoxy) is 1. The maximum atomic E-state index is 12.9. The number of aliphatic hydroxyl groups excluding tert-OH is 1. The zero-order valence-corrected chi connectivity index (χ0v) is 23.0. The Labute approximate surface area is 224 Å². The van der Waals surface area contributed by atoms with Crippen LogP contribution in [0.25, 0.3) is 22.4 Å². The summed E-state index contributed by atoms with van der Waals surface area (Å²) in [6, 6.07) is 11.8. The monoisotopic (exact) mass is 565 g/mol. The summed E-state index contributed by atoms with van der Waals surface area (Å²) in [7, 11) is 0. The zero-order valence-electron chi connectivity index (χ0n) is 21.4. The Morgan fingerprint density at radius 1 is 1.16 bits per heavy atom. The van der Waals surface area contributed by atoms with E-state index >= 15 is 0 Å². The third kappa shape index (κ3) is 5.30. The number of benzene rings is 2. The summed E-state index contributed by atoms with van der Waals surface area (Å²) in [5, 5.41) is 14.0. The minimum atomic E-state index is -0.747. The number of rotatable bonds is 6. The molecule has 0 aliphatic carbocycles. The summed E-state index contributed by atoms with van der Waals surface area (Å²) in [6.07, 6.45) is 1.16. The molecule has 5 rings (SSSR count). The first kappa shape index (κ1) is 25.5. The van der Waals surface area contributed by atoms with Crippen molar-refractivity contribution in [2.75, 3.05) is 29.9 Å². The van der Waals surface area contributed by atoms with E-state index in [1.807, 2.05) is 32.0 Å². The molecule has 3 heterocycles. The first-order chi connectivity index (χ1) is 17.7. The fourth-order valence-electron chi connectivity index (χ4n) is 4.96. The summed E-state index contributed by atoms with van der Waals surface area (Å²) >= 11 is 3.52. The number of hydrogen-bond donors (Lipinski definition) is 4. The largest absolute Gasteiger partial charge is 0.387 e. The number of H-pyrrole nitrogens is 2. The molecule has 1 aliphatic rings. The van der Waals surface area contributed by atoms with E-state index in [2.05, 4.69) is 62.1 Å². The molecule has 0 amide bonds. The van der Waals surface area contributed by atoms with Crippen molar-refractivity contribution in [2.45, 2.75) is 46.0 Å². The lowest BCUT2D eigenvalue weighted by atomic mass is 10.1. The van der Waals surface area contributed by atoms with Crippen molar-refractivity contribution in [3.05, 3.63) is 74.1 Å². The average molecular weight is 567 g/mol. The molecule has 4 N–H and O–H groups in total. The summed E-state index contributed by atoms with van der Waals surface area (Å²) in [5.74, 6) is 0.482. The van der Waals surface area contributed by atoms with Crippen LogP contribution in [0.5, 0.6) is 0 Å². The van der Waals surface area contributed by atoms with Crippen LogP contribution in [0.4, 0.5) is 11.4 Å². The second-order valence-electron chi connectivity index (χ2n) is 9.91. The molecule has 8 nitrogen and oxygen atoms in total. The Balaban J connectivity index is 1.44. The van der Waals surface area contributed by atoms with Gasteiger partial charge in [0.1, 0.15) is 11.4 Å². The molecule has 1 fully saturated rings. The van der Waals surface area contributed by atoms with Crippen molar-refractivity contribution >= 4 is 38.3 Å². The van der Waals surface area contributed by atoms with Crippen molar-refractivity contribution < 1.29 is 9.84 Å². The number of anilines is 2. The number of nitrogens with zero attached hydrogens (tertiary/aromatic N) is 2. The van der Waals surface area contributed by atoms with Gasteiger partial charge in [0.15, 0.2) is 0 Å². The molecule has 3 unspecified atom stereocenters. The van der Waals surface area contributed by atoms with E-state index in [1.54, 1.807) is 12.3 Å². The highest BCUT2D eigenvalue weighted by molar-refractivity contribution is 9.10. The molecule has 1 saturated heterocycles. The first-order valence-electron chi connectivity index (χ1n) is 12.5. The number of aryl methyl sites for hydroxylation is 2. The highest BCUT2D eigenvalue weighted by atomic mass is 79.9. The number of imidazole rings is 1. The van der Waals surface area contributed by atoms with E-state index in [-0.39, 0.29) is 24.3 Å². The van der Waals surface area contributed by atoms with Crippen LogP contribution < -0.4 is 15.8 Å². The minimum Gasteiger partial charge on any atom is -0.387 e. The van der Waals surface area contributed by atoms with Crippen LogP contribution in [-0.2, 0) is 4.74 Å². The number of halogens is 1. The van der Waals surface area contributed by atoms with E-state index in [9.17, 15) is 9.90 Å². The Hall–Kier alpha value is -3.14. The molecule has 3 atom stereocenters. The molecule has 4 aromatic rings. The van der Waals surface area contributed by atoms with Gasteiger partial charge >= 0.3 is 0 Å². The van der Waals surface area contributed by atoms with Gasteiger partial charge in [-0.2, -0.15) is 0 Å². The number of aromatic amines is 2. The van der Waals surface area contributed by atoms with Gasteiger partial charge < -0.3 is 30.0 Å². The third-order valence-corrected chi connectivity index (χ3v) is 7.67. The normalized spacial score (nSPS) is 18.8. The Morgan fingerprint density at radius 3 is 2.65 bits per heavy atom. The second-order valence-corrected chi connectivity index (χ2v) is 10.8. The minimum absolute atomic E-state index is 0.157. The van der Waals surface area contributed by atoms with Gasteiger partial charge in [-0.05, 0) is 68.7 Å². The Bertz CT molecular complexity index is 1490. The van der Waals surface area contributed by atoms with Gasteiger partial charge in [-0.25, -0.2) is 4.98 Å². The van der Waals surface area contributed by atoms with Gasteiger partial charge in [0.2, 0.25) is 0 Å². The molecule has 0 bridgehead atoms. The topological polar surface area (TPSA) is 106 Å². The number of morpholine rings is 1. The van der Waals surface area contributed by atoms with Gasteiger partial charge in [-0.1, -0.05) is 28.1 Å². The van der Waals surface area contributed by atoms with Crippen LogP contribution in [-0.4, -0.2) is 51.9 Å². The number of pyridine rings is 1. The summed E-state index contributed by atoms with van der Waals surface area (Å²) in [4.78, 5) is 26.2. The van der Waals surface area contributed by atoms with E-state index in [4.69, 9.17) is 9.72 Å². The second kappa shape index (κ2) is 10.3. The molecule has 0 saturated carbocycles. The maximum absolute atomic E-state index is 12.9. The number of aromatic nitrogens is 3. The molecule has 1 aliphatic heterocycles. The van der Waals surface area contributed by atoms with Crippen molar-refractivity contribution in [3.63, 3.8) is 0 Å². The number of nitrogens with one attached hydrogen (secondary N) is 3. The maximum Gasteiger partial charge on any atom is 0.261 e. The Kier molecular flexibility index (Phi) is 7.11. The third-order valence-electron chi connectivity index (χ3n) is 6.81. The van der Waals surface area contributed by atoms with E-state index < -0.39 is 6.10 Å². The van der Waals surface area contributed by atoms with Crippen molar-refractivity contribution in [1.82, 2.24) is 15.0 Å². The molecule has 37 heavy (non-hydrogen) atoms. The van der Waals surface area contributed by atoms with Crippen LogP contribution in [0.15, 0.2) is 51.9 Å². The van der Waals surface area contributed by atoms with Gasteiger partial charge in [-0.3, -0.25) is 4.79 Å². The van der Waals surface area contributed by atoms with E-state index in [0.29, 0.717) is 17.1 Å². The molecule has 0 spiro atoms. The lowest BCUT2D eigenvalue weighted by Gasteiger charge is -2.37. The number of aliphatic hydroxyl groups is 1. The molecule has 2 aromatic carbocycles. The number of hydrogen-bond acceptors (Lipinski definition) is 6. The summed E-state index contributed by atoms with van der Waals surface area (Å²) in [6.45, 7) is 10.1. The highest BCUT2D eigenvalue weighted by Gasteiger charge is 2.24. The van der Waals surface area contributed by atoms with Crippen LogP contribution in [0.1, 0.15) is 36.6 Å². The van der Waals surface area contributed by atoms with Crippen LogP contribution >= 0.6 is 15.9 Å². The predicted octanol–water partition coefficient (Wildman–Crippen LogP) is 5.06. The van der Waals surface area contributed by atoms with E-state index in [1.165, 1.54) is 0 Å². The first-order valence-corrected chi connectivity index (χ1v) is 13.3. The van der Waals surface area contributed by atoms with E-state index in [0.717, 1.165) is 51.0 Å². The van der Waals surface area contributed by atoms with Crippen molar-refractivity contribution in [1.29, 1.82) is 0 Å². The van der Waals surface area contributed by atoms with Crippen LogP contribution in [0.3, 0.4) is 0 Å². The molecule has 2 aromatic heterocycles. The zero-order chi connectivity index (χ0) is 26.3. The summed E-state index contributed by atoms with van der Waals surface area (Å²) in [5.41, 5.74) is 6.47. The van der Waals surface area contributed by atoms with Crippen molar-refractivity contribution in [3.8, 4) is 11.4 Å². The summed E-state index contributed by atoms with van der Waals surface area (Å²) < 4.78 is 6.84. The van der Waals surface area contributed by atoms with Crippen LogP contribution in [0.2, 0.25) is 0 Å². The smallest absolute Gasteiger partial charge is 0.261 e. The molecule has 0 radical (unpaired) electrons. The van der Waals surface area contributed by atoms with Gasteiger partial charge in [0.05, 0.1) is 35.0 Å². The lowest BCUT2D eigenvalue weighted by molar-refractivity contribution is -0.00521. The number of fused-ring (bicyclic) bond motifs is 1. The lowest BCUT2D eigenvalue weighted by Crippen LogP contribution is -2.45. The molecule has 194 valence electrons. The van der Waals surface area contributed by atoms with Crippen LogP contribution in [0, 0.1) is 13.8 Å². The fourth-order valence-corrected chi connectivity index (χ4v) is 5.36.